The summed E-state index contributed by atoms with van der Waals surface area (Å²) in [5.74, 6) is -0.679. The molecule has 0 bridgehead atoms. The Hall–Kier alpha value is -2.10. The molecule has 4 heteroatoms. The minimum atomic E-state index is -0.393. The first-order valence-corrected chi connectivity index (χ1v) is 6.09. The van der Waals surface area contributed by atoms with Crippen molar-refractivity contribution in [3.05, 3.63) is 41.0 Å². The van der Waals surface area contributed by atoms with Crippen molar-refractivity contribution < 1.29 is 19.1 Å². The van der Waals surface area contributed by atoms with Crippen LogP contribution in [-0.4, -0.2) is 25.7 Å². The van der Waals surface area contributed by atoms with Gasteiger partial charge in [0.1, 0.15) is 0 Å². The van der Waals surface area contributed by atoms with Gasteiger partial charge in [0, 0.05) is 0 Å². The van der Waals surface area contributed by atoms with E-state index in [-0.39, 0.29) is 12.4 Å². The Kier molecular flexibility index (Phi) is 5.79. The van der Waals surface area contributed by atoms with Crippen molar-refractivity contribution in [2.45, 2.75) is 20.3 Å². The van der Waals surface area contributed by atoms with Crippen molar-refractivity contribution >= 4 is 18.0 Å². The topological polar surface area (TPSA) is 52.6 Å². The molecule has 0 unspecified atom stereocenters. The van der Waals surface area contributed by atoms with E-state index < -0.39 is 5.97 Å². The second-order valence-electron chi connectivity index (χ2n) is 3.99. The van der Waals surface area contributed by atoms with E-state index in [1.165, 1.54) is 7.11 Å². The van der Waals surface area contributed by atoms with E-state index in [2.05, 4.69) is 0 Å². The smallest absolute Gasteiger partial charge is 0.338 e. The predicted molar refractivity (Wildman–Crippen MR) is 72.8 cm³/mol. The quantitative estimate of drug-likeness (QED) is 0.766. The summed E-state index contributed by atoms with van der Waals surface area (Å²) in [6.07, 6.45) is 3.60. The van der Waals surface area contributed by atoms with Gasteiger partial charge in [0.05, 0.1) is 25.7 Å². The molecular formula is C15H18O4. The summed E-state index contributed by atoms with van der Waals surface area (Å²) in [4.78, 5) is 22.8. The number of hydrogen-bond acceptors (Lipinski definition) is 4. The third-order valence-corrected chi connectivity index (χ3v) is 2.50. The van der Waals surface area contributed by atoms with E-state index in [4.69, 9.17) is 9.47 Å². The first-order valence-electron chi connectivity index (χ1n) is 6.09. The third kappa shape index (κ3) is 4.58. The lowest BCUT2D eigenvalue weighted by Gasteiger charge is -2.05. The van der Waals surface area contributed by atoms with Crippen molar-refractivity contribution in [3.63, 3.8) is 0 Å². The Balaban J connectivity index is 2.87. The molecule has 19 heavy (non-hydrogen) atoms. The van der Waals surface area contributed by atoms with Crippen LogP contribution in [0.4, 0.5) is 0 Å². The minimum absolute atomic E-state index is 0.183. The van der Waals surface area contributed by atoms with Crippen molar-refractivity contribution in [2.75, 3.05) is 13.7 Å². The molecular weight excluding hydrogens is 244 g/mol. The van der Waals surface area contributed by atoms with Crippen LogP contribution in [0.1, 0.15) is 34.8 Å². The first kappa shape index (κ1) is 15.0. The lowest BCUT2D eigenvalue weighted by atomic mass is 10.0. The van der Waals surface area contributed by atoms with E-state index in [1.54, 1.807) is 25.1 Å². The van der Waals surface area contributed by atoms with Gasteiger partial charge in [-0.1, -0.05) is 29.8 Å². The summed E-state index contributed by atoms with van der Waals surface area (Å²) < 4.78 is 9.54. The molecule has 0 atom stereocenters. The van der Waals surface area contributed by atoms with Crippen LogP contribution in [0.15, 0.2) is 24.3 Å². The van der Waals surface area contributed by atoms with E-state index in [0.29, 0.717) is 12.2 Å². The molecule has 0 radical (unpaired) electrons. The van der Waals surface area contributed by atoms with Crippen molar-refractivity contribution in [3.8, 4) is 0 Å². The van der Waals surface area contributed by atoms with E-state index in [9.17, 15) is 9.59 Å². The largest absolute Gasteiger partial charge is 0.466 e. The molecule has 0 saturated carbocycles. The third-order valence-electron chi connectivity index (χ3n) is 2.50. The molecule has 0 N–H and O–H groups in total. The lowest BCUT2D eigenvalue weighted by molar-refractivity contribution is -0.142. The molecule has 0 amide bonds. The molecule has 0 aliphatic carbocycles. The maximum atomic E-state index is 11.6. The highest BCUT2D eigenvalue weighted by Gasteiger charge is 2.09. The number of rotatable bonds is 5. The fraction of sp³-hybridized carbons (Fsp3) is 0.333. The monoisotopic (exact) mass is 262 g/mol. The van der Waals surface area contributed by atoms with Gasteiger partial charge in [0.2, 0.25) is 0 Å². The summed E-state index contributed by atoms with van der Waals surface area (Å²) in [5, 5.41) is 0. The Morgan fingerprint density at radius 3 is 2.68 bits per heavy atom. The molecule has 0 aromatic heterocycles. The van der Waals surface area contributed by atoms with Gasteiger partial charge in [-0.25, -0.2) is 4.79 Å². The Bertz CT molecular complexity index is 489. The summed E-state index contributed by atoms with van der Waals surface area (Å²) in [6.45, 7) is 4.06. The van der Waals surface area contributed by atoms with Gasteiger partial charge in [0.15, 0.2) is 0 Å². The van der Waals surface area contributed by atoms with Crippen LogP contribution < -0.4 is 0 Å². The highest BCUT2D eigenvalue weighted by molar-refractivity contribution is 5.93. The van der Waals surface area contributed by atoms with Gasteiger partial charge in [-0.3, -0.25) is 4.79 Å². The zero-order valence-electron chi connectivity index (χ0n) is 11.4. The van der Waals surface area contributed by atoms with E-state index in [1.807, 2.05) is 19.1 Å². The van der Waals surface area contributed by atoms with Gasteiger partial charge in [-0.2, -0.15) is 0 Å². The normalized spacial score (nSPS) is 10.5. The molecule has 0 fully saturated rings. The molecule has 0 spiro atoms. The Labute approximate surface area is 113 Å². The zero-order chi connectivity index (χ0) is 14.3. The molecule has 1 aromatic carbocycles. The number of ether oxygens (including phenoxy) is 2. The van der Waals surface area contributed by atoms with Crippen LogP contribution in [0.25, 0.3) is 6.08 Å². The molecule has 0 aliphatic rings. The van der Waals surface area contributed by atoms with Crippen molar-refractivity contribution in [1.82, 2.24) is 0 Å². The standard InChI is InChI=1S/C15H18O4/c1-4-19-14(16)7-5-6-12-10-11(2)8-9-13(12)15(17)18-3/h5-6,8-10H,4,7H2,1-3H3. The zero-order valence-corrected chi connectivity index (χ0v) is 11.4. The molecule has 1 rings (SSSR count). The average Bonchev–Trinajstić information content (AvgIpc) is 2.38. The summed E-state index contributed by atoms with van der Waals surface area (Å²) >= 11 is 0. The van der Waals surface area contributed by atoms with Gasteiger partial charge >= 0.3 is 11.9 Å². The van der Waals surface area contributed by atoms with Crippen molar-refractivity contribution in [2.24, 2.45) is 0 Å². The summed E-state index contributed by atoms with van der Waals surface area (Å²) in [6, 6.07) is 5.42. The number of esters is 2. The van der Waals surface area contributed by atoms with Crippen LogP contribution in [0.3, 0.4) is 0 Å². The van der Waals surface area contributed by atoms with Crippen LogP contribution in [-0.2, 0) is 14.3 Å². The molecule has 0 aliphatic heterocycles. The lowest BCUT2D eigenvalue weighted by Crippen LogP contribution is -2.04. The maximum Gasteiger partial charge on any atom is 0.338 e. The number of carbonyl (C=O) groups excluding carboxylic acids is 2. The Morgan fingerprint density at radius 2 is 2.05 bits per heavy atom. The number of hydrogen-bond donors (Lipinski definition) is 0. The molecule has 102 valence electrons. The highest BCUT2D eigenvalue weighted by Crippen LogP contribution is 2.15. The summed E-state index contributed by atoms with van der Waals surface area (Å²) in [5.41, 5.74) is 2.24. The number of carbonyl (C=O) groups is 2. The first-order chi connectivity index (χ1) is 9.08. The van der Waals surface area contributed by atoms with Crippen LogP contribution in [0.2, 0.25) is 0 Å². The predicted octanol–water partition coefficient (Wildman–Crippen LogP) is 2.75. The van der Waals surface area contributed by atoms with E-state index in [0.717, 1.165) is 11.1 Å². The average molecular weight is 262 g/mol. The number of aryl methyl sites for hydroxylation is 1. The highest BCUT2D eigenvalue weighted by atomic mass is 16.5. The van der Waals surface area contributed by atoms with Crippen LogP contribution in [0, 0.1) is 6.92 Å². The van der Waals surface area contributed by atoms with Gasteiger partial charge in [-0.15, -0.1) is 0 Å². The van der Waals surface area contributed by atoms with Crippen LogP contribution >= 0.6 is 0 Å². The Morgan fingerprint density at radius 1 is 1.32 bits per heavy atom. The van der Waals surface area contributed by atoms with Gasteiger partial charge in [-0.05, 0) is 25.5 Å². The minimum Gasteiger partial charge on any atom is -0.466 e. The second kappa shape index (κ2) is 7.36. The number of methoxy groups -OCH3 is 1. The second-order valence-corrected chi connectivity index (χ2v) is 3.99. The SMILES string of the molecule is CCOC(=O)CC=Cc1cc(C)ccc1C(=O)OC. The number of benzene rings is 1. The summed E-state index contributed by atoms with van der Waals surface area (Å²) in [7, 11) is 1.34. The molecule has 0 heterocycles. The van der Waals surface area contributed by atoms with Gasteiger partial charge in [0.25, 0.3) is 0 Å². The van der Waals surface area contributed by atoms with Gasteiger partial charge < -0.3 is 9.47 Å². The van der Waals surface area contributed by atoms with E-state index >= 15 is 0 Å². The fourth-order valence-electron chi connectivity index (χ4n) is 1.62. The maximum absolute atomic E-state index is 11.6. The fourth-order valence-corrected chi connectivity index (χ4v) is 1.62. The molecule has 4 nitrogen and oxygen atoms in total. The van der Waals surface area contributed by atoms with Crippen LogP contribution in [0.5, 0.6) is 0 Å². The molecule has 1 aromatic rings. The molecule has 0 saturated heterocycles. The van der Waals surface area contributed by atoms with Crippen molar-refractivity contribution in [1.29, 1.82) is 0 Å².